The largest absolute Gasteiger partial charge is 0.155 e. The monoisotopic (exact) mass is 392 g/mol. The first kappa shape index (κ1) is 22.0. The summed E-state index contributed by atoms with van der Waals surface area (Å²) in [5, 5.41) is 9.19. The van der Waals surface area contributed by atoms with Gasteiger partial charge in [0.15, 0.2) is 0 Å². The maximum absolute atomic E-state index is 4.62. The van der Waals surface area contributed by atoms with Gasteiger partial charge in [-0.2, -0.15) is 10.2 Å². The molecule has 158 valence electrons. The molecule has 1 heterocycles. The van der Waals surface area contributed by atoms with E-state index in [1.807, 2.05) is 0 Å². The van der Waals surface area contributed by atoms with Crippen molar-refractivity contribution in [1.29, 1.82) is 0 Å². The molecule has 1 aliphatic rings. The van der Waals surface area contributed by atoms with Gasteiger partial charge in [0.1, 0.15) is 0 Å². The zero-order chi connectivity index (χ0) is 20.3. The summed E-state index contributed by atoms with van der Waals surface area (Å²) in [6.45, 7) is 4.55. The molecule has 1 fully saturated rings. The summed E-state index contributed by atoms with van der Waals surface area (Å²) >= 11 is 0. The van der Waals surface area contributed by atoms with Crippen molar-refractivity contribution in [3.8, 4) is 11.3 Å². The Hall–Kier alpha value is -1.70. The third kappa shape index (κ3) is 6.94. The second-order valence-electron chi connectivity index (χ2n) is 9.06. The number of aryl methyl sites for hydroxylation is 1. The number of benzene rings is 1. The second-order valence-corrected chi connectivity index (χ2v) is 9.06. The van der Waals surface area contributed by atoms with Gasteiger partial charge >= 0.3 is 0 Å². The van der Waals surface area contributed by atoms with Crippen LogP contribution in [0.5, 0.6) is 0 Å². The summed E-state index contributed by atoms with van der Waals surface area (Å²) in [6, 6.07) is 13.3. The molecule has 0 aliphatic heterocycles. The van der Waals surface area contributed by atoms with E-state index in [2.05, 4.69) is 60.4 Å². The Kier molecular flexibility index (Phi) is 9.18. The predicted octanol–water partition coefficient (Wildman–Crippen LogP) is 8.12. The number of hydrogen-bond donors (Lipinski definition) is 0. The molecule has 2 aromatic rings. The van der Waals surface area contributed by atoms with Crippen molar-refractivity contribution < 1.29 is 0 Å². The van der Waals surface area contributed by atoms with E-state index in [1.54, 1.807) is 0 Å². The van der Waals surface area contributed by atoms with Crippen LogP contribution in [0.3, 0.4) is 0 Å². The van der Waals surface area contributed by atoms with Crippen LogP contribution in [0.4, 0.5) is 0 Å². The molecule has 1 saturated carbocycles. The van der Waals surface area contributed by atoms with Crippen LogP contribution in [-0.4, -0.2) is 10.2 Å². The van der Waals surface area contributed by atoms with Crippen molar-refractivity contribution in [3.05, 3.63) is 47.7 Å². The van der Waals surface area contributed by atoms with E-state index < -0.39 is 0 Å². The fourth-order valence-corrected chi connectivity index (χ4v) is 4.74. The maximum Gasteiger partial charge on any atom is 0.0929 e. The first-order valence-electron chi connectivity index (χ1n) is 12.2. The summed E-state index contributed by atoms with van der Waals surface area (Å²) in [6.07, 6.45) is 17.4. The molecular formula is C27H40N2. The van der Waals surface area contributed by atoms with Crippen molar-refractivity contribution in [2.24, 2.45) is 5.92 Å². The second kappa shape index (κ2) is 12.1. The van der Waals surface area contributed by atoms with Gasteiger partial charge in [-0.15, -0.1) is 0 Å². The zero-order valence-electron chi connectivity index (χ0n) is 18.7. The van der Waals surface area contributed by atoms with Gasteiger partial charge in [-0.1, -0.05) is 83.1 Å². The van der Waals surface area contributed by atoms with Crippen molar-refractivity contribution >= 4 is 0 Å². The third-order valence-electron chi connectivity index (χ3n) is 6.73. The highest BCUT2D eigenvalue weighted by Crippen LogP contribution is 2.37. The Morgan fingerprint density at radius 1 is 0.724 bits per heavy atom. The van der Waals surface area contributed by atoms with Gasteiger partial charge in [-0.05, 0) is 62.1 Å². The van der Waals surface area contributed by atoms with Gasteiger partial charge in [-0.3, -0.25) is 0 Å². The molecule has 0 unspecified atom stereocenters. The van der Waals surface area contributed by atoms with Crippen LogP contribution in [0.25, 0.3) is 11.3 Å². The fraction of sp³-hybridized carbons (Fsp3) is 0.630. The summed E-state index contributed by atoms with van der Waals surface area (Å²) in [7, 11) is 0. The van der Waals surface area contributed by atoms with Crippen LogP contribution in [0, 0.1) is 5.92 Å². The van der Waals surface area contributed by atoms with Gasteiger partial charge < -0.3 is 0 Å². The standard InChI is InChI=1S/C27H40N2/c1-3-5-7-9-11-23-14-18-25(19-15-23)27-21-20-26(28-29-27)24-16-12-22(13-17-24)10-8-6-4-2/h12-13,16-17,20-21,23,25H,3-11,14-15,18-19H2,1-2H3. The van der Waals surface area contributed by atoms with Crippen LogP contribution >= 0.6 is 0 Å². The summed E-state index contributed by atoms with van der Waals surface area (Å²) in [5.41, 5.74) is 4.81. The Morgan fingerprint density at radius 3 is 2.10 bits per heavy atom. The average Bonchev–Trinajstić information content (AvgIpc) is 2.78. The van der Waals surface area contributed by atoms with Crippen LogP contribution in [0.2, 0.25) is 0 Å². The summed E-state index contributed by atoms with van der Waals surface area (Å²) in [5.74, 6) is 1.57. The van der Waals surface area contributed by atoms with Crippen molar-refractivity contribution in [3.63, 3.8) is 0 Å². The van der Waals surface area contributed by atoms with E-state index in [4.69, 9.17) is 0 Å². The molecule has 0 saturated heterocycles. The highest BCUT2D eigenvalue weighted by Gasteiger charge is 2.23. The lowest BCUT2D eigenvalue weighted by Crippen LogP contribution is -2.14. The minimum Gasteiger partial charge on any atom is -0.155 e. The quantitative estimate of drug-likeness (QED) is 0.361. The van der Waals surface area contributed by atoms with E-state index in [1.165, 1.54) is 100 Å². The molecular weight excluding hydrogens is 352 g/mol. The Morgan fingerprint density at radius 2 is 1.45 bits per heavy atom. The normalized spacial score (nSPS) is 19.4. The lowest BCUT2D eigenvalue weighted by molar-refractivity contribution is 0.299. The maximum atomic E-state index is 4.62. The van der Waals surface area contributed by atoms with Crippen molar-refractivity contribution in [2.45, 2.75) is 103 Å². The van der Waals surface area contributed by atoms with Gasteiger partial charge in [0, 0.05) is 11.5 Å². The number of nitrogens with zero attached hydrogens (tertiary/aromatic N) is 2. The van der Waals surface area contributed by atoms with Crippen LogP contribution < -0.4 is 0 Å². The molecule has 0 spiro atoms. The van der Waals surface area contributed by atoms with E-state index in [-0.39, 0.29) is 0 Å². The van der Waals surface area contributed by atoms with E-state index >= 15 is 0 Å². The van der Waals surface area contributed by atoms with Crippen molar-refractivity contribution in [1.82, 2.24) is 10.2 Å². The minimum atomic E-state index is 0.615. The molecule has 3 rings (SSSR count). The van der Waals surface area contributed by atoms with Gasteiger partial charge in [-0.25, -0.2) is 0 Å². The van der Waals surface area contributed by atoms with Gasteiger partial charge in [0.05, 0.1) is 11.4 Å². The molecule has 0 atom stereocenters. The van der Waals surface area contributed by atoms with Crippen LogP contribution in [0.1, 0.15) is 108 Å². The lowest BCUT2D eigenvalue weighted by Gasteiger charge is -2.28. The molecule has 29 heavy (non-hydrogen) atoms. The highest BCUT2D eigenvalue weighted by molar-refractivity contribution is 5.58. The van der Waals surface area contributed by atoms with Gasteiger partial charge in [0.2, 0.25) is 0 Å². The Labute approximate surface area is 178 Å². The highest BCUT2D eigenvalue weighted by atomic mass is 15.1. The van der Waals surface area contributed by atoms with Crippen molar-refractivity contribution in [2.75, 3.05) is 0 Å². The van der Waals surface area contributed by atoms with E-state index in [9.17, 15) is 0 Å². The first-order valence-corrected chi connectivity index (χ1v) is 12.2. The average molecular weight is 393 g/mol. The number of hydrogen-bond acceptors (Lipinski definition) is 2. The van der Waals surface area contributed by atoms with E-state index in [0.717, 1.165) is 11.6 Å². The number of aromatic nitrogens is 2. The summed E-state index contributed by atoms with van der Waals surface area (Å²) < 4.78 is 0. The predicted molar refractivity (Wildman–Crippen MR) is 124 cm³/mol. The first-order chi connectivity index (χ1) is 14.3. The number of unbranched alkanes of at least 4 members (excludes halogenated alkanes) is 5. The molecule has 2 heteroatoms. The summed E-state index contributed by atoms with van der Waals surface area (Å²) in [4.78, 5) is 0. The lowest BCUT2D eigenvalue weighted by atomic mass is 9.78. The van der Waals surface area contributed by atoms with E-state index in [0.29, 0.717) is 5.92 Å². The molecule has 0 bridgehead atoms. The van der Waals surface area contributed by atoms with Crippen LogP contribution in [0.15, 0.2) is 36.4 Å². The Bertz CT molecular complexity index is 681. The molecule has 0 N–H and O–H groups in total. The molecule has 0 amide bonds. The molecule has 1 aromatic heterocycles. The number of rotatable bonds is 11. The molecule has 1 aliphatic carbocycles. The smallest absolute Gasteiger partial charge is 0.0929 e. The third-order valence-corrected chi connectivity index (χ3v) is 6.73. The Balaban J connectivity index is 1.48. The topological polar surface area (TPSA) is 25.8 Å². The molecule has 0 radical (unpaired) electrons. The molecule has 2 nitrogen and oxygen atoms in total. The zero-order valence-corrected chi connectivity index (χ0v) is 18.7. The minimum absolute atomic E-state index is 0.615. The fourth-order valence-electron chi connectivity index (χ4n) is 4.74. The van der Waals surface area contributed by atoms with Gasteiger partial charge in [0.25, 0.3) is 0 Å². The molecule has 1 aromatic carbocycles. The SMILES string of the molecule is CCCCCCC1CCC(c2ccc(-c3ccc(CCCCC)cc3)nn2)CC1. The van der Waals surface area contributed by atoms with Crippen LogP contribution in [-0.2, 0) is 6.42 Å².